The Morgan fingerprint density at radius 3 is 2.58 bits per heavy atom. The first-order chi connectivity index (χ1) is 17.2. The Hall–Kier alpha value is -4.01. The number of ether oxygens (including phenoxy) is 2. The van der Waals surface area contributed by atoms with E-state index in [9.17, 15) is 18.0 Å². The van der Waals surface area contributed by atoms with E-state index in [4.69, 9.17) is 13.9 Å². The van der Waals surface area contributed by atoms with E-state index in [1.54, 1.807) is 18.2 Å². The summed E-state index contributed by atoms with van der Waals surface area (Å²) in [5.74, 6) is 1.03. The minimum atomic E-state index is -4.57. The molecule has 4 aromatic rings. The first-order valence-corrected chi connectivity index (χ1v) is 11.4. The van der Waals surface area contributed by atoms with Gasteiger partial charge in [0.2, 0.25) is 0 Å². The molecule has 0 spiro atoms. The van der Waals surface area contributed by atoms with Crippen LogP contribution < -0.4 is 10.1 Å². The van der Waals surface area contributed by atoms with Crippen molar-refractivity contribution in [3.05, 3.63) is 95.0 Å². The molecule has 9 heteroatoms. The zero-order valence-electron chi connectivity index (χ0n) is 19.4. The molecule has 1 amide bonds. The summed E-state index contributed by atoms with van der Waals surface area (Å²) in [5.41, 5.74) is 0.631. The number of hydrogen-bond donors (Lipinski definition) is 1. The molecular weight excluding hydrogens is 473 g/mol. The third-order valence-corrected chi connectivity index (χ3v) is 6.17. The number of alkyl halides is 3. The summed E-state index contributed by atoms with van der Waals surface area (Å²) in [6.45, 7) is 1.67. The molecule has 36 heavy (non-hydrogen) atoms. The summed E-state index contributed by atoms with van der Waals surface area (Å²) in [7, 11) is 0. The number of alkyl carbamates (subject to hydrolysis) is 1. The molecule has 1 aliphatic carbocycles. The quantitative estimate of drug-likeness (QED) is 0.310. The van der Waals surface area contributed by atoms with E-state index in [-0.39, 0.29) is 18.8 Å². The SMILES string of the molecule is Cc1oc2ccc(OCc3cccnc3C(F)(F)F)cc2c1C1(NC(=O)OCc2ccccc2)CC1. The molecule has 186 valence electrons. The maximum absolute atomic E-state index is 13.3. The maximum atomic E-state index is 13.3. The third kappa shape index (κ3) is 4.86. The van der Waals surface area contributed by atoms with E-state index in [2.05, 4.69) is 10.3 Å². The largest absolute Gasteiger partial charge is 0.489 e. The Morgan fingerprint density at radius 1 is 1.08 bits per heavy atom. The van der Waals surface area contributed by atoms with Crippen LogP contribution in [0, 0.1) is 6.92 Å². The molecule has 0 bridgehead atoms. The minimum Gasteiger partial charge on any atom is -0.489 e. The fraction of sp³-hybridized carbons (Fsp3) is 0.259. The zero-order valence-corrected chi connectivity index (χ0v) is 19.4. The fourth-order valence-electron chi connectivity index (χ4n) is 4.37. The summed E-state index contributed by atoms with van der Waals surface area (Å²) in [5, 5.41) is 3.71. The van der Waals surface area contributed by atoms with Gasteiger partial charge in [-0.25, -0.2) is 4.79 Å². The van der Waals surface area contributed by atoms with Gasteiger partial charge in [0.05, 0.1) is 5.54 Å². The number of fused-ring (bicyclic) bond motifs is 1. The van der Waals surface area contributed by atoms with Crippen molar-refractivity contribution in [3.8, 4) is 5.75 Å². The average Bonchev–Trinajstić information content (AvgIpc) is 3.54. The fourth-order valence-corrected chi connectivity index (χ4v) is 4.37. The zero-order chi connectivity index (χ0) is 25.3. The summed E-state index contributed by atoms with van der Waals surface area (Å²) in [6.07, 6.45) is -2.59. The topological polar surface area (TPSA) is 73.6 Å². The van der Waals surface area contributed by atoms with Gasteiger partial charge in [-0.3, -0.25) is 4.98 Å². The Morgan fingerprint density at radius 2 is 1.86 bits per heavy atom. The Bertz CT molecular complexity index is 1400. The highest BCUT2D eigenvalue weighted by Crippen LogP contribution is 2.50. The predicted octanol–water partition coefficient (Wildman–Crippen LogP) is 6.65. The predicted molar refractivity (Wildman–Crippen MR) is 125 cm³/mol. The van der Waals surface area contributed by atoms with E-state index in [0.717, 1.165) is 22.7 Å². The van der Waals surface area contributed by atoms with E-state index < -0.39 is 23.5 Å². The number of carbonyl (C=O) groups is 1. The summed E-state index contributed by atoms with van der Waals surface area (Å²) in [6, 6.07) is 17.2. The minimum absolute atomic E-state index is 0.0600. The van der Waals surface area contributed by atoms with Crippen LogP contribution >= 0.6 is 0 Å². The van der Waals surface area contributed by atoms with Crippen LogP contribution in [0.3, 0.4) is 0 Å². The molecule has 0 saturated heterocycles. The van der Waals surface area contributed by atoms with Crippen LogP contribution in [0.25, 0.3) is 11.0 Å². The number of halogens is 3. The second-order valence-electron chi connectivity index (χ2n) is 8.76. The lowest BCUT2D eigenvalue weighted by Gasteiger charge is -2.18. The number of benzene rings is 2. The number of furan rings is 1. The third-order valence-electron chi connectivity index (χ3n) is 6.17. The molecule has 2 aromatic carbocycles. The van der Waals surface area contributed by atoms with Crippen LogP contribution in [0.5, 0.6) is 5.75 Å². The van der Waals surface area contributed by atoms with Crippen LogP contribution in [0.4, 0.5) is 18.0 Å². The molecule has 0 atom stereocenters. The first-order valence-electron chi connectivity index (χ1n) is 11.4. The molecule has 1 aliphatic rings. The second-order valence-corrected chi connectivity index (χ2v) is 8.76. The Kier molecular flexibility index (Phi) is 6.07. The summed E-state index contributed by atoms with van der Waals surface area (Å²) >= 11 is 0. The highest BCUT2D eigenvalue weighted by Gasteiger charge is 2.49. The van der Waals surface area contributed by atoms with Crippen molar-refractivity contribution in [1.82, 2.24) is 10.3 Å². The van der Waals surface area contributed by atoms with Gasteiger partial charge in [-0.15, -0.1) is 0 Å². The Labute approximate surface area is 205 Å². The first kappa shape index (κ1) is 23.7. The van der Waals surface area contributed by atoms with Crippen LogP contribution in [0.15, 0.2) is 71.3 Å². The second kappa shape index (κ2) is 9.22. The Balaban J connectivity index is 1.34. The molecule has 0 aliphatic heterocycles. The van der Waals surface area contributed by atoms with E-state index in [1.165, 1.54) is 12.1 Å². The van der Waals surface area contributed by atoms with E-state index in [0.29, 0.717) is 29.9 Å². The molecule has 1 N–H and O–H groups in total. The number of hydrogen-bond acceptors (Lipinski definition) is 5. The van der Waals surface area contributed by atoms with Crippen LogP contribution in [0.2, 0.25) is 0 Å². The van der Waals surface area contributed by atoms with Crippen LogP contribution in [0.1, 0.15) is 41.0 Å². The van der Waals surface area contributed by atoms with Crippen molar-refractivity contribution >= 4 is 17.1 Å². The van der Waals surface area contributed by atoms with Gasteiger partial charge in [-0.05, 0) is 49.6 Å². The van der Waals surface area contributed by atoms with Gasteiger partial charge in [0.1, 0.15) is 30.3 Å². The van der Waals surface area contributed by atoms with E-state index >= 15 is 0 Å². The molecule has 6 nitrogen and oxygen atoms in total. The molecule has 1 saturated carbocycles. The van der Waals surface area contributed by atoms with Crippen molar-refractivity contribution < 1.29 is 31.9 Å². The van der Waals surface area contributed by atoms with Gasteiger partial charge in [-0.2, -0.15) is 13.2 Å². The monoisotopic (exact) mass is 496 g/mol. The number of nitrogens with zero attached hydrogens (tertiary/aromatic N) is 1. The molecule has 0 radical (unpaired) electrons. The number of nitrogens with one attached hydrogen (secondary N) is 1. The van der Waals surface area contributed by atoms with Crippen LogP contribution in [-0.4, -0.2) is 11.1 Å². The molecule has 1 fully saturated rings. The van der Waals surface area contributed by atoms with Gasteiger partial charge in [0.15, 0.2) is 5.69 Å². The van der Waals surface area contributed by atoms with Crippen molar-refractivity contribution in [2.75, 3.05) is 0 Å². The molecule has 0 unspecified atom stereocenters. The van der Waals surface area contributed by atoms with Gasteiger partial charge in [-0.1, -0.05) is 36.4 Å². The lowest BCUT2D eigenvalue weighted by atomic mass is 10.0. The maximum Gasteiger partial charge on any atom is 0.433 e. The standard InChI is InChI=1S/C27H23F3N2O4/c1-17-23(26(11-12-26)32-25(33)35-15-18-6-3-2-4-7-18)21-14-20(9-10-22(21)36-17)34-16-19-8-5-13-31-24(19)27(28,29)30/h2-10,13-14H,11-12,15-16H2,1H3,(H,32,33). The molecule has 5 rings (SSSR count). The highest BCUT2D eigenvalue weighted by molar-refractivity contribution is 5.86. The molecule has 2 aromatic heterocycles. The lowest BCUT2D eigenvalue weighted by molar-refractivity contribution is -0.142. The van der Waals surface area contributed by atoms with Crippen LogP contribution in [-0.2, 0) is 29.7 Å². The number of rotatable bonds is 7. The van der Waals surface area contributed by atoms with Crippen molar-refractivity contribution in [3.63, 3.8) is 0 Å². The van der Waals surface area contributed by atoms with Crippen molar-refractivity contribution in [2.45, 2.75) is 44.7 Å². The number of pyridine rings is 1. The smallest absolute Gasteiger partial charge is 0.433 e. The number of aromatic nitrogens is 1. The summed E-state index contributed by atoms with van der Waals surface area (Å²) in [4.78, 5) is 16.0. The average molecular weight is 496 g/mol. The summed E-state index contributed by atoms with van der Waals surface area (Å²) < 4.78 is 56.8. The lowest BCUT2D eigenvalue weighted by Crippen LogP contribution is -2.35. The molecular formula is C27H23F3N2O4. The number of aryl methyl sites for hydroxylation is 1. The van der Waals surface area contributed by atoms with Crippen molar-refractivity contribution in [1.29, 1.82) is 0 Å². The number of amides is 1. The van der Waals surface area contributed by atoms with Gasteiger partial charge in [0.25, 0.3) is 0 Å². The van der Waals surface area contributed by atoms with Crippen molar-refractivity contribution in [2.24, 2.45) is 0 Å². The highest BCUT2D eigenvalue weighted by atomic mass is 19.4. The molecule has 2 heterocycles. The van der Waals surface area contributed by atoms with Gasteiger partial charge < -0.3 is 19.2 Å². The number of carbonyl (C=O) groups excluding carboxylic acids is 1. The normalized spacial score (nSPS) is 14.4. The van der Waals surface area contributed by atoms with Gasteiger partial charge in [0, 0.05) is 22.7 Å². The van der Waals surface area contributed by atoms with E-state index in [1.807, 2.05) is 37.3 Å². The van der Waals surface area contributed by atoms with Gasteiger partial charge >= 0.3 is 12.3 Å².